The average Bonchev–Trinajstić information content (AvgIpc) is 2.50. The number of ether oxygens (including phenoxy) is 1. The maximum Gasteiger partial charge on any atom is 0.256 e. The van der Waals surface area contributed by atoms with E-state index in [0.29, 0.717) is 34.5 Å². The minimum atomic E-state index is -2.60. The van der Waals surface area contributed by atoms with Crippen LogP contribution in [0.5, 0.6) is 5.75 Å². The van der Waals surface area contributed by atoms with Gasteiger partial charge in [-0.3, -0.25) is 4.79 Å². The minimum absolute atomic E-state index is 0.360. The van der Waals surface area contributed by atoms with Crippen LogP contribution in [0.4, 0.5) is 8.78 Å². The molecule has 0 aliphatic carbocycles. The Bertz CT molecular complexity index is 635. The highest BCUT2D eigenvalue weighted by Gasteiger charge is 2.31. The zero-order chi connectivity index (χ0) is 17.0. The van der Waals surface area contributed by atoms with Gasteiger partial charge in [0, 0.05) is 15.7 Å². The highest BCUT2D eigenvalue weighted by molar-refractivity contribution is 9.10. The van der Waals surface area contributed by atoms with Gasteiger partial charge in [0.15, 0.2) is 0 Å². The van der Waals surface area contributed by atoms with Crippen LogP contribution in [0, 0.1) is 0 Å². The monoisotopic (exact) mass is 449 g/mol. The number of hydrogen-bond donors (Lipinski definition) is 0. The first-order valence-electron chi connectivity index (χ1n) is 6.91. The second-order valence-electron chi connectivity index (χ2n) is 4.87. The molecule has 0 saturated heterocycles. The highest BCUT2D eigenvalue weighted by Crippen LogP contribution is 2.35. The number of rotatable bonds is 6. The second kappa shape index (κ2) is 8.06. The van der Waals surface area contributed by atoms with Gasteiger partial charge in [-0.15, -0.1) is 0 Å². The van der Waals surface area contributed by atoms with Gasteiger partial charge in [0.05, 0.1) is 11.4 Å². The van der Waals surface area contributed by atoms with Crippen LogP contribution < -0.4 is 4.74 Å². The molecule has 1 aliphatic heterocycles. The molecule has 0 fully saturated rings. The topological polar surface area (TPSA) is 29.5 Å². The van der Waals surface area contributed by atoms with Crippen LogP contribution in [0.1, 0.15) is 12.0 Å². The molecule has 0 radical (unpaired) electrons. The Kier molecular flexibility index (Phi) is 6.35. The van der Waals surface area contributed by atoms with Crippen molar-refractivity contribution >= 4 is 43.5 Å². The Hall–Kier alpha value is -1.21. The molecule has 7 heteroatoms. The van der Waals surface area contributed by atoms with Crippen molar-refractivity contribution in [2.75, 3.05) is 13.2 Å². The molecule has 1 heterocycles. The van der Waals surface area contributed by atoms with Crippen LogP contribution in [-0.4, -0.2) is 35.2 Å². The standard InChI is InChI=1S/C16H15Br2F2NO2/c1-2-7-23-10-3-4-11(13(18)8-10)14-6-5-12(17)16(22)21(14)9-15(19)20/h2-4,6,8,12,15H,1,5,7,9H2. The summed E-state index contributed by atoms with van der Waals surface area (Å²) >= 11 is 6.64. The lowest BCUT2D eigenvalue weighted by Gasteiger charge is -2.31. The molecule has 0 spiro atoms. The Morgan fingerprint density at radius 2 is 2.22 bits per heavy atom. The number of halogens is 4. The van der Waals surface area contributed by atoms with Gasteiger partial charge in [0.2, 0.25) is 5.91 Å². The van der Waals surface area contributed by atoms with Gasteiger partial charge in [-0.25, -0.2) is 8.78 Å². The predicted molar refractivity (Wildman–Crippen MR) is 92.9 cm³/mol. The van der Waals surface area contributed by atoms with Gasteiger partial charge in [-0.2, -0.15) is 0 Å². The molecule has 2 rings (SSSR count). The van der Waals surface area contributed by atoms with E-state index in [-0.39, 0.29) is 5.91 Å². The van der Waals surface area contributed by atoms with E-state index >= 15 is 0 Å². The number of carbonyl (C=O) groups excluding carboxylic acids is 1. The fraction of sp³-hybridized carbons (Fsp3) is 0.312. The first-order valence-corrected chi connectivity index (χ1v) is 8.62. The highest BCUT2D eigenvalue weighted by atomic mass is 79.9. The van der Waals surface area contributed by atoms with E-state index < -0.39 is 17.8 Å². The molecule has 23 heavy (non-hydrogen) atoms. The van der Waals surface area contributed by atoms with Crippen molar-refractivity contribution in [1.82, 2.24) is 4.90 Å². The Morgan fingerprint density at radius 3 is 2.83 bits per heavy atom. The summed E-state index contributed by atoms with van der Waals surface area (Å²) in [5.74, 6) is 0.267. The maximum atomic E-state index is 12.8. The van der Waals surface area contributed by atoms with Crippen molar-refractivity contribution in [3.8, 4) is 5.75 Å². The molecular formula is C16H15Br2F2NO2. The van der Waals surface area contributed by atoms with Crippen molar-refractivity contribution in [2.45, 2.75) is 17.7 Å². The zero-order valence-electron chi connectivity index (χ0n) is 12.1. The molecule has 3 nitrogen and oxygen atoms in total. The maximum absolute atomic E-state index is 12.8. The number of amides is 1. The molecule has 0 N–H and O–H groups in total. The number of nitrogens with zero attached hydrogens (tertiary/aromatic N) is 1. The van der Waals surface area contributed by atoms with E-state index in [0.717, 1.165) is 4.90 Å². The van der Waals surface area contributed by atoms with Crippen LogP contribution >= 0.6 is 31.9 Å². The molecule has 0 bridgehead atoms. The number of allylic oxidation sites excluding steroid dienone is 1. The van der Waals surface area contributed by atoms with E-state index in [1.54, 1.807) is 30.4 Å². The summed E-state index contributed by atoms with van der Waals surface area (Å²) in [6, 6.07) is 5.22. The molecule has 1 amide bonds. The lowest BCUT2D eigenvalue weighted by molar-refractivity contribution is -0.129. The van der Waals surface area contributed by atoms with Gasteiger partial charge >= 0.3 is 0 Å². The van der Waals surface area contributed by atoms with Gasteiger partial charge < -0.3 is 9.64 Å². The number of benzene rings is 1. The summed E-state index contributed by atoms with van der Waals surface area (Å²) in [5.41, 5.74) is 1.15. The number of carbonyl (C=O) groups is 1. The van der Waals surface area contributed by atoms with Crippen molar-refractivity contribution < 1.29 is 18.3 Å². The molecule has 1 unspecified atom stereocenters. The van der Waals surface area contributed by atoms with Crippen LogP contribution in [-0.2, 0) is 4.79 Å². The molecule has 124 valence electrons. The quantitative estimate of drug-likeness (QED) is 0.467. The summed E-state index contributed by atoms with van der Waals surface area (Å²) in [6.07, 6.45) is 1.27. The Morgan fingerprint density at radius 1 is 1.48 bits per heavy atom. The van der Waals surface area contributed by atoms with E-state index in [1.807, 2.05) is 0 Å². The molecule has 1 aliphatic rings. The van der Waals surface area contributed by atoms with Crippen molar-refractivity contribution in [3.63, 3.8) is 0 Å². The Labute approximate surface area is 150 Å². The summed E-state index contributed by atoms with van der Waals surface area (Å²) in [4.78, 5) is 12.9. The smallest absolute Gasteiger partial charge is 0.256 e. The van der Waals surface area contributed by atoms with Crippen molar-refractivity contribution in [3.05, 3.63) is 47.0 Å². The van der Waals surface area contributed by atoms with E-state index in [9.17, 15) is 13.6 Å². The van der Waals surface area contributed by atoms with Gasteiger partial charge in [-0.05, 0) is 40.5 Å². The zero-order valence-corrected chi connectivity index (χ0v) is 15.3. The molecule has 0 saturated carbocycles. The molecular weight excluding hydrogens is 436 g/mol. The molecule has 1 aromatic rings. The average molecular weight is 451 g/mol. The third kappa shape index (κ3) is 4.41. The van der Waals surface area contributed by atoms with E-state index in [1.165, 1.54) is 0 Å². The number of alkyl halides is 3. The summed E-state index contributed by atoms with van der Waals surface area (Å²) in [7, 11) is 0. The molecule has 1 aromatic carbocycles. The first-order chi connectivity index (χ1) is 10.9. The van der Waals surface area contributed by atoms with Crippen LogP contribution in [0.3, 0.4) is 0 Å². The SMILES string of the molecule is C=CCOc1ccc(C2=CCC(Br)C(=O)N2CC(F)F)c(Br)c1. The molecule has 1 atom stereocenters. The fourth-order valence-electron chi connectivity index (χ4n) is 2.24. The largest absolute Gasteiger partial charge is 0.490 e. The van der Waals surface area contributed by atoms with Crippen molar-refractivity contribution in [2.24, 2.45) is 0 Å². The lowest BCUT2D eigenvalue weighted by atomic mass is 10.0. The third-order valence-electron chi connectivity index (χ3n) is 3.25. The van der Waals surface area contributed by atoms with Gasteiger partial charge in [0.1, 0.15) is 12.4 Å². The fourth-order valence-corrected chi connectivity index (χ4v) is 3.24. The summed E-state index contributed by atoms with van der Waals surface area (Å²) in [6.45, 7) is 3.32. The van der Waals surface area contributed by atoms with Gasteiger partial charge in [0.25, 0.3) is 6.43 Å². The minimum Gasteiger partial charge on any atom is -0.490 e. The van der Waals surface area contributed by atoms with Crippen molar-refractivity contribution in [1.29, 1.82) is 0 Å². The molecule has 0 aromatic heterocycles. The normalized spacial score (nSPS) is 18.1. The van der Waals surface area contributed by atoms with Gasteiger partial charge in [-0.1, -0.05) is 34.7 Å². The van der Waals surface area contributed by atoms with Crippen LogP contribution in [0.2, 0.25) is 0 Å². The lowest BCUT2D eigenvalue weighted by Crippen LogP contribution is -2.41. The first kappa shape index (κ1) is 18.1. The van der Waals surface area contributed by atoms with E-state index in [2.05, 4.69) is 38.4 Å². The Balaban J connectivity index is 2.34. The summed E-state index contributed by atoms with van der Waals surface area (Å²) in [5, 5.41) is 0. The number of hydrogen-bond acceptors (Lipinski definition) is 2. The second-order valence-corrected chi connectivity index (χ2v) is 6.83. The summed E-state index contributed by atoms with van der Waals surface area (Å²) < 4.78 is 31.8. The third-order valence-corrected chi connectivity index (χ3v) is 4.67. The van der Waals surface area contributed by atoms with E-state index in [4.69, 9.17) is 4.74 Å². The van der Waals surface area contributed by atoms with Crippen LogP contribution in [0.25, 0.3) is 5.70 Å². The predicted octanol–water partition coefficient (Wildman–Crippen LogP) is 4.62. The van der Waals surface area contributed by atoms with Crippen LogP contribution in [0.15, 0.2) is 41.4 Å².